The zero-order valence-electron chi connectivity index (χ0n) is 12.0. The average Bonchev–Trinajstić information content (AvgIpc) is 2.46. The maximum atomic E-state index is 12.6. The van der Waals surface area contributed by atoms with E-state index in [0.717, 1.165) is 30.9 Å². The van der Waals surface area contributed by atoms with Crippen LogP contribution in [0, 0.1) is 0 Å². The normalized spacial score (nSPS) is 21.1. The fraction of sp³-hybridized carbons (Fsp3) is 0.467. The Morgan fingerprint density at radius 1 is 1.33 bits per heavy atom. The van der Waals surface area contributed by atoms with Crippen LogP contribution < -0.4 is 10.6 Å². The standard InChI is InChI=1S/C15H19N3O2.ClH/c1-10-9-16-6-7-18(10)15(20)12-2-4-13-11(8-12)3-5-14(19)17-13;/h2,4,8,10,16H,3,5-7,9H2,1H3,(H,17,19);1H. The number of piperazine rings is 1. The number of anilines is 1. The summed E-state index contributed by atoms with van der Waals surface area (Å²) in [6.45, 7) is 4.49. The number of rotatable bonds is 1. The molecule has 0 saturated carbocycles. The van der Waals surface area contributed by atoms with Gasteiger partial charge in [-0.3, -0.25) is 9.59 Å². The van der Waals surface area contributed by atoms with E-state index < -0.39 is 0 Å². The Balaban J connectivity index is 0.00000161. The first kappa shape index (κ1) is 15.8. The predicted octanol–water partition coefficient (Wildman–Crippen LogP) is 1.43. The molecule has 6 heteroatoms. The van der Waals surface area contributed by atoms with Gasteiger partial charge in [-0.15, -0.1) is 12.4 Å². The highest BCUT2D eigenvalue weighted by atomic mass is 35.5. The Morgan fingerprint density at radius 2 is 2.14 bits per heavy atom. The largest absolute Gasteiger partial charge is 0.333 e. The number of aryl methyl sites for hydroxylation is 1. The minimum absolute atomic E-state index is 0. The van der Waals surface area contributed by atoms with Crippen LogP contribution in [0.2, 0.25) is 0 Å². The van der Waals surface area contributed by atoms with Crippen LogP contribution in [0.3, 0.4) is 0 Å². The third-order valence-corrected chi connectivity index (χ3v) is 4.01. The number of fused-ring (bicyclic) bond motifs is 1. The summed E-state index contributed by atoms with van der Waals surface area (Å²) in [6.07, 6.45) is 1.20. The van der Waals surface area contributed by atoms with E-state index >= 15 is 0 Å². The minimum Gasteiger partial charge on any atom is -0.333 e. The first-order valence-corrected chi connectivity index (χ1v) is 7.09. The molecule has 1 unspecified atom stereocenters. The van der Waals surface area contributed by atoms with Gasteiger partial charge in [0, 0.05) is 43.3 Å². The Hall–Kier alpha value is -1.59. The molecule has 114 valence electrons. The van der Waals surface area contributed by atoms with Crippen LogP contribution in [0.1, 0.15) is 29.3 Å². The van der Waals surface area contributed by atoms with Gasteiger partial charge in [-0.25, -0.2) is 0 Å². The second-order valence-electron chi connectivity index (χ2n) is 5.47. The summed E-state index contributed by atoms with van der Waals surface area (Å²) >= 11 is 0. The molecule has 2 amide bonds. The lowest BCUT2D eigenvalue weighted by Gasteiger charge is -2.34. The molecule has 2 aliphatic rings. The van der Waals surface area contributed by atoms with Crippen molar-refractivity contribution < 1.29 is 9.59 Å². The molecular formula is C15H20ClN3O2. The van der Waals surface area contributed by atoms with Crippen LogP contribution >= 0.6 is 12.4 Å². The second-order valence-corrected chi connectivity index (χ2v) is 5.47. The Morgan fingerprint density at radius 3 is 2.90 bits per heavy atom. The number of hydrogen-bond acceptors (Lipinski definition) is 3. The van der Waals surface area contributed by atoms with Gasteiger partial charge in [-0.2, -0.15) is 0 Å². The van der Waals surface area contributed by atoms with Gasteiger partial charge in [0.1, 0.15) is 0 Å². The van der Waals surface area contributed by atoms with Crippen molar-refractivity contribution in [3.05, 3.63) is 29.3 Å². The number of nitrogens with zero attached hydrogens (tertiary/aromatic N) is 1. The van der Waals surface area contributed by atoms with E-state index in [4.69, 9.17) is 0 Å². The number of nitrogens with one attached hydrogen (secondary N) is 2. The van der Waals surface area contributed by atoms with Crippen molar-refractivity contribution in [1.82, 2.24) is 10.2 Å². The summed E-state index contributed by atoms with van der Waals surface area (Å²) in [5.74, 6) is 0.131. The molecule has 0 bridgehead atoms. The van der Waals surface area contributed by atoms with Crippen LogP contribution in [0.4, 0.5) is 5.69 Å². The summed E-state index contributed by atoms with van der Waals surface area (Å²) in [5.41, 5.74) is 2.61. The zero-order chi connectivity index (χ0) is 14.1. The minimum atomic E-state index is 0. The van der Waals surface area contributed by atoms with Gasteiger partial charge in [0.05, 0.1) is 0 Å². The molecule has 2 aliphatic heterocycles. The number of carbonyl (C=O) groups excluding carboxylic acids is 2. The average molecular weight is 310 g/mol. The highest BCUT2D eigenvalue weighted by molar-refractivity contribution is 5.98. The molecule has 1 saturated heterocycles. The predicted molar refractivity (Wildman–Crippen MR) is 84.0 cm³/mol. The first-order valence-electron chi connectivity index (χ1n) is 7.09. The van der Waals surface area contributed by atoms with E-state index in [2.05, 4.69) is 17.6 Å². The highest BCUT2D eigenvalue weighted by Crippen LogP contribution is 2.24. The lowest BCUT2D eigenvalue weighted by Crippen LogP contribution is -2.52. The first-order chi connectivity index (χ1) is 9.65. The Bertz CT molecular complexity index is 562. The maximum absolute atomic E-state index is 12.6. The molecule has 1 fully saturated rings. The van der Waals surface area contributed by atoms with E-state index in [9.17, 15) is 9.59 Å². The molecule has 2 heterocycles. The van der Waals surface area contributed by atoms with Crippen LogP contribution in [0.25, 0.3) is 0 Å². The van der Waals surface area contributed by atoms with E-state index in [1.807, 2.05) is 23.1 Å². The van der Waals surface area contributed by atoms with Gasteiger partial charge in [0.2, 0.25) is 5.91 Å². The Kier molecular flexibility index (Phi) is 4.85. The third-order valence-electron chi connectivity index (χ3n) is 4.01. The number of carbonyl (C=O) groups is 2. The summed E-state index contributed by atoms with van der Waals surface area (Å²) < 4.78 is 0. The van der Waals surface area contributed by atoms with Crippen molar-refractivity contribution in [2.75, 3.05) is 25.0 Å². The van der Waals surface area contributed by atoms with E-state index in [1.54, 1.807) is 0 Å². The quantitative estimate of drug-likeness (QED) is 0.825. The zero-order valence-corrected chi connectivity index (χ0v) is 12.8. The van der Waals surface area contributed by atoms with Gasteiger partial charge >= 0.3 is 0 Å². The number of hydrogen-bond donors (Lipinski definition) is 2. The van der Waals surface area contributed by atoms with Crippen molar-refractivity contribution in [1.29, 1.82) is 0 Å². The van der Waals surface area contributed by atoms with Gasteiger partial charge in [0.25, 0.3) is 5.91 Å². The van der Waals surface area contributed by atoms with E-state index in [0.29, 0.717) is 18.4 Å². The number of amides is 2. The molecule has 0 radical (unpaired) electrons. The third kappa shape index (κ3) is 3.19. The summed E-state index contributed by atoms with van der Waals surface area (Å²) in [6, 6.07) is 5.78. The second kappa shape index (κ2) is 6.45. The molecule has 0 aliphatic carbocycles. The Labute approximate surface area is 130 Å². The van der Waals surface area contributed by atoms with Crippen molar-refractivity contribution in [3.8, 4) is 0 Å². The molecule has 3 rings (SSSR count). The summed E-state index contributed by atoms with van der Waals surface area (Å²) in [7, 11) is 0. The van der Waals surface area contributed by atoms with E-state index in [-0.39, 0.29) is 30.3 Å². The molecule has 21 heavy (non-hydrogen) atoms. The monoisotopic (exact) mass is 309 g/mol. The molecular weight excluding hydrogens is 290 g/mol. The number of halogens is 1. The van der Waals surface area contributed by atoms with Crippen LogP contribution in [-0.2, 0) is 11.2 Å². The van der Waals surface area contributed by atoms with Crippen molar-refractivity contribution in [2.24, 2.45) is 0 Å². The number of benzene rings is 1. The topological polar surface area (TPSA) is 61.4 Å². The molecule has 0 aromatic heterocycles. The summed E-state index contributed by atoms with van der Waals surface area (Å²) in [4.78, 5) is 25.8. The fourth-order valence-electron chi connectivity index (χ4n) is 2.83. The van der Waals surface area contributed by atoms with Crippen LogP contribution in [0.5, 0.6) is 0 Å². The summed E-state index contributed by atoms with van der Waals surface area (Å²) in [5, 5.41) is 6.12. The molecule has 1 aromatic rings. The van der Waals surface area contributed by atoms with Crippen LogP contribution in [-0.4, -0.2) is 42.4 Å². The SMILES string of the molecule is CC1CNCCN1C(=O)c1ccc2c(c1)CCC(=O)N2.Cl. The molecule has 5 nitrogen and oxygen atoms in total. The fourth-order valence-corrected chi connectivity index (χ4v) is 2.83. The van der Waals surface area contributed by atoms with Crippen molar-refractivity contribution >= 4 is 29.9 Å². The molecule has 1 aromatic carbocycles. The van der Waals surface area contributed by atoms with Crippen LogP contribution in [0.15, 0.2) is 18.2 Å². The molecule has 0 spiro atoms. The van der Waals surface area contributed by atoms with Gasteiger partial charge in [-0.1, -0.05) is 0 Å². The van der Waals surface area contributed by atoms with Crippen molar-refractivity contribution in [3.63, 3.8) is 0 Å². The lowest BCUT2D eigenvalue weighted by atomic mass is 9.99. The molecule has 2 N–H and O–H groups in total. The highest BCUT2D eigenvalue weighted by Gasteiger charge is 2.25. The smallest absolute Gasteiger partial charge is 0.254 e. The van der Waals surface area contributed by atoms with E-state index in [1.165, 1.54) is 0 Å². The van der Waals surface area contributed by atoms with Gasteiger partial charge in [-0.05, 0) is 37.1 Å². The maximum Gasteiger partial charge on any atom is 0.254 e. The van der Waals surface area contributed by atoms with Gasteiger partial charge in [0.15, 0.2) is 0 Å². The lowest BCUT2D eigenvalue weighted by molar-refractivity contribution is -0.116. The van der Waals surface area contributed by atoms with Crippen molar-refractivity contribution in [2.45, 2.75) is 25.8 Å². The van der Waals surface area contributed by atoms with Gasteiger partial charge < -0.3 is 15.5 Å². The molecule has 1 atom stereocenters.